The molecule has 3 heterocycles. The van der Waals surface area contributed by atoms with E-state index < -0.39 is 36.3 Å². The Morgan fingerprint density at radius 1 is 1.11 bits per heavy atom. The molecule has 5 rings (SSSR count). The lowest BCUT2D eigenvalue weighted by molar-refractivity contribution is -0.134. The summed E-state index contributed by atoms with van der Waals surface area (Å²) in [6, 6.07) is 5.12. The number of methoxy groups -OCH3 is 1. The molecule has 198 valence electrons. The summed E-state index contributed by atoms with van der Waals surface area (Å²) < 4.78 is 77.8. The molecule has 1 amide bonds. The van der Waals surface area contributed by atoms with E-state index in [1.807, 2.05) is 0 Å². The van der Waals surface area contributed by atoms with Gasteiger partial charge in [0.2, 0.25) is 0 Å². The van der Waals surface area contributed by atoms with Gasteiger partial charge in [-0.2, -0.15) is 13.2 Å². The second-order valence-corrected chi connectivity index (χ2v) is 8.84. The van der Waals surface area contributed by atoms with E-state index in [4.69, 9.17) is 4.74 Å². The molecule has 8 nitrogen and oxygen atoms in total. The highest BCUT2D eigenvalue weighted by Gasteiger charge is 2.40. The van der Waals surface area contributed by atoms with Crippen molar-refractivity contribution >= 4 is 11.6 Å². The van der Waals surface area contributed by atoms with Crippen LogP contribution in [-0.2, 0) is 11.2 Å². The molecule has 0 saturated heterocycles. The Balaban J connectivity index is 1.51. The third kappa shape index (κ3) is 4.71. The normalized spacial score (nSPS) is 15.9. The van der Waals surface area contributed by atoms with Gasteiger partial charge >= 0.3 is 6.18 Å². The molecule has 0 saturated carbocycles. The minimum absolute atomic E-state index is 0.00106. The van der Waals surface area contributed by atoms with Crippen LogP contribution in [-0.4, -0.2) is 50.3 Å². The van der Waals surface area contributed by atoms with Crippen LogP contribution in [0.3, 0.4) is 0 Å². The van der Waals surface area contributed by atoms with Crippen LogP contribution in [0.2, 0.25) is 0 Å². The first-order valence-corrected chi connectivity index (χ1v) is 11.5. The van der Waals surface area contributed by atoms with Crippen LogP contribution in [0.5, 0.6) is 5.75 Å². The van der Waals surface area contributed by atoms with E-state index in [1.165, 1.54) is 48.5 Å². The largest absolute Gasteiger partial charge is 0.496 e. The monoisotopic (exact) mass is 532 g/mol. The van der Waals surface area contributed by atoms with Crippen LogP contribution in [0.25, 0.3) is 16.9 Å². The lowest BCUT2D eigenvalue weighted by Gasteiger charge is -2.26. The summed E-state index contributed by atoms with van der Waals surface area (Å²) >= 11 is 0. The predicted octanol–water partition coefficient (Wildman–Crippen LogP) is 4.81. The summed E-state index contributed by atoms with van der Waals surface area (Å²) in [6.45, 7) is 0.171. The summed E-state index contributed by atoms with van der Waals surface area (Å²) in [7, 11) is 1.39. The molecule has 1 unspecified atom stereocenters. The number of aryl methyl sites for hydroxylation is 1. The Kier molecular flexibility index (Phi) is 6.37. The summed E-state index contributed by atoms with van der Waals surface area (Å²) in [6.07, 6.45) is -0.318. The molecule has 2 aromatic carbocycles. The number of fused-ring (bicyclic) bond motifs is 1. The Morgan fingerprint density at radius 2 is 1.89 bits per heavy atom. The van der Waals surface area contributed by atoms with Crippen LogP contribution < -0.4 is 9.64 Å². The number of carbonyl (C=O) groups is 1. The number of amides is 1. The highest BCUT2D eigenvalue weighted by atomic mass is 19.4. The number of alkyl halides is 3. The van der Waals surface area contributed by atoms with Gasteiger partial charge in [-0.05, 0) is 38.0 Å². The van der Waals surface area contributed by atoms with E-state index in [0.29, 0.717) is 10.6 Å². The second kappa shape index (κ2) is 9.54. The zero-order chi connectivity index (χ0) is 27.2. The van der Waals surface area contributed by atoms with E-state index in [1.54, 1.807) is 13.1 Å². The number of nitrogens with zero attached hydrogens (tertiary/aromatic N) is 6. The molecule has 0 fully saturated rings. The fraction of sp³-hybridized carbons (Fsp3) is 0.280. The molecule has 0 N–H and O–H groups in total. The van der Waals surface area contributed by atoms with Crippen LogP contribution in [0.15, 0.2) is 49.1 Å². The molecule has 0 bridgehead atoms. The molecule has 0 spiro atoms. The smallest absolute Gasteiger partial charge is 0.406 e. The highest BCUT2D eigenvalue weighted by Crippen LogP contribution is 2.37. The first kappa shape index (κ1) is 25.4. The Bertz CT molecular complexity index is 1510. The Labute approximate surface area is 213 Å². The van der Waals surface area contributed by atoms with Gasteiger partial charge in [0.05, 0.1) is 36.7 Å². The minimum atomic E-state index is -4.72. The highest BCUT2D eigenvalue weighted by molar-refractivity contribution is 5.97. The molecule has 4 aromatic rings. The maximum absolute atomic E-state index is 15.1. The molecule has 0 aliphatic carbocycles. The van der Waals surface area contributed by atoms with Crippen molar-refractivity contribution in [2.24, 2.45) is 0 Å². The third-order valence-corrected chi connectivity index (χ3v) is 6.31. The average Bonchev–Trinajstić information content (AvgIpc) is 3.49. The van der Waals surface area contributed by atoms with Gasteiger partial charge in [-0.3, -0.25) is 4.79 Å². The fourth-order valence-corrected chi connectivity index (χ4v) is 4.55. The van der Waals surface area contributed by atoms with Crippen molar-refractivity contribution in [3.63, 3.8) is 0 Å². The van der Waals surface area contributed by atoms with Crippen molar-refractivity contribution in [3.8, 4) is 22.7 Å². The molecule has 1 aliphatic rings. The van der Waals surface area contributed by atoms with Gasteiger partial charge in [-0.25, -0.2) is 18.4 Å². The number of halogens is 5. The third-order valence-electron chi connectivity index (χ3n) is 6.31. The van der Waals surface area contributed by atoms with Crippen molar-refractivity contribution in [1.29, 1.82) is 0 Å². The maximum atomic E-state index is 15.1. The summed E-state index contributed by atoms with van der Waals surface area (Å²) in [5, 5.41) is 7.99. The van der Waals surface area contributed by atoms with E-state index in [-0.39, 0.29) is 46.8 Å². The van der Waals surface area contributed by atoms with E-state index in [9.17, 15) is 22.4 Å². The van der Waals surface area contributed by atoms with Crippen molar-refractivity contribution in [3.05, 3.63) is 71.9 Å². The van der Waals surface area contributed by atoms with Crippen molar-refractivity contribution in [2.45, 2.75) is 32.0 Å². The molecule has 1 atom stereocenters. The van der Waals surface area contributed by atoms with Gasteiger partial charge in [0, 0.05) is 23.4 Å². The zero-order valence-corrected chi connectivity index (χ0v) is 20.2. The van der Waals surface area contributed by atoms with E-state index >= 15 is 4.39 Å². The number of benzene rings is 2. The van der Waals surface area contributed by atoms with Crippen molar-refractivity contribution in [1.82, 2.24) is 24.5 Å². The molecule has 1 aliphatic heterocycles. The van der Waals surface area contributed by atoms with Gasteiger partial charge < -0.3 is 14.2 Å². The van der Waals surface area contributed by atoms with Gasteiger partial charge in [-0.1, -0.05) is 11.3 Å². The van der Waals surface area contributed by atoms with Crippen LogP contribution in [0, 0.1) is 18.6 Å². The topological polar surface area (TPSA) is 78.1 Å². The summed E-state index contributed by atoms with van der Waals surface area (Å²) in [5.74, 6) is -1.97. The number of anilines is 1. The second-order valence-electron chi connectivity index (χ2n) is 8.84. The number of rotatable bonds is 5. The van der Waals surface area contributed by atoms with Crippen molar-refractivity contribution in [2.75, 3.05) is 18.6 Å². The van der Waals surface area contributed by atoms with Gasteiger partial charge in [0.25, 0.3) is 5.91 Å². The maximum Gasteiger partial charge on any atom is 0.406 e. The first-order chi connectivity index (χ1) is 18.1. The van der Waals surface area contributed by atoms with Crippen LogP contribution in [0.1, 0.15) is 23.7 Å². The lowest BCUT2D eigenvalue weighted by Crippen LogP contribution is -2.42. The number of hydrogen-bond acceptors (Lipinski definition) is 5. The van der Waals surface area contributed by atoms with Crippen molar-refractivity contribution < 1.29 is 31.5 Å². The Hall–Kier alpha value is -4.29. The average molecular weight is 532 g/mol. The summed E-state index contributed by atoms with van der Waals surface area (Å²) in [5.41, 5.74) is 1.10. The minimum Gasteiger partial charge on any atom is -0.496 e. The standard InChI is InChI=1S/C25H21F5N6O2/c1-14-10-34(13-31-14)22-9-23(38-2)16(8-18(22)27)19-11-36(33-32-19)21-7-6-15-17(26)4-3-5-20(15)35(24(21)37)12-25(28,29)30/h3-5,8-11,13,21H,6-7,12H2,1-2H3. The molecule has 0 radical (unpaired) electrons. The van der Waals surface area contributed by atoms with E-state index in [0.717, 1.165) is 10.7 Å². The number of imidazole rings is 1. The molecule has 38 heavy (non-hydrogen) atoms. The summed E-state index contributed by atoms with van der Waals surface area (Å²) in [4.78, 5) is 18.0. The fourth-order valence-electron chi connectivity index (χ4n) is 4.55. The quantitative estimate of drug-likeness (QED) is 0.345. The molecular formula is C25H21F5N6O2. The zero-order valence-electron chi connectivity index (χ0n) is 20.2. The molecular weight excluding hydrogens is 511 g/mol. The number of aromatic nitrogens is 5. The SMILES string of the molecule is COc1cc(-n2cnc(C)c2)c(F)cc1-c1cn(C2CCc3c(F)cccc3N(CC(F)(F)F)C2=O)nn1. The predicted molar refractivity (Wildman–Crippen MR) is 126 cm³/mol. The molecule has 13 heteroatoms. The number of ether oxygens (including phenoxy) is 1. The lowest BCUT2D eigenvalue weighted by atomic mass is 10.1. The number of hydrogen-bond donors (Lipinski definition) is 0. The van der Waals surface area contributed by atoms with Crippen LogP contribution in [0.4, 0.5) is 27.6 Å². The first-order valence-electron chi connectivity index (χ1n) is 11.5. The van der Waals surface area contributed by atoms with E-state index in [2.05, 4.69) is 15.3 Å². The molecule has 2 aromatic heterocycles. The Morgan fingerprint density at radius 3 is 2.58 bits per heavy atom. The van der Waals surface area contributed by atoms with Crippen LogP contribution >= 0.6 is 0 Å². The van der Waals surface area contributed by atoms with Gasteiger partial charge in [-0.15, -0.1) is 5.10 Å². The van der Waals surface area contributed by atoms with Gasteiger partial charge in [0.1, 0.15) is 35.7 Å². The van der Waals surface area contributed by atoms with Gasteiger partial charge in [0.15, 0.2) is 0 Å². The number of carbonyl (C=O) groups excluding carboxylic acids is 1.